The number of benzene rings is 1. The molecule has 80 valence electrons. The van der Waals surface area contributed by atoms with E-state index in [1.807, 2.05) is 18.2 Å². The van der Waals surface area contributed by atoms with Crippen molar-refractivity contribution in [1.29, 1.82) is 0 Å². The van der Waals surface area contributed by atoms with Crippen LogP contribution in [0.5, 0.6) is 5.75 Å². The molecule has 0 spiro atoms. The normalized spacial score (nSPS) is 15.8. The van der Waals surface area contributed by atoms with E-state index in [0.717, 1.165) is 36.6 Å². The quantitative estimate of drug-likeness (QED) is 0.601. The average Bonchev–Trinajstić information content (AvgIpc) is 2.71. The Morgan fingerprint density at radius 2 is 2.07 bits per heavy atom. The molecule has 0 saturated heterocycles. The molecule has 1 aliphatic rings. The molecule has 0 saturated carbocycles. The van der Waals surface area contributed by atoms with E-state index in [1.165, 1.54) is 0 Å². The monoisotopic (exact) mass is 204 g/mol. The van der Waals surface area contributed by atoms with Crippen LogP contribution in [0.3, 0.4) is 0 Å². The molecule has 2 rings (SSSR count). The van der Waals surface area contributed by atoms with Gasteiger partial charge >= 0.3 is 0 Å². The van der Waals surface area contributed by atoms with E-state index in [4.69, 9.17) is 10.5 Å². The summed E-state index contributed by atoms with van der Waals surface area (Å²) in [5.74, 6) is 0.913. The van der Waals surface area contributed by atoms with Gasteiger partial charge in [-0.3, -0.25) is 4.90 Å². The first-order valence-electron chi connectivity index (χ1n) is 5.09. The van der Waals surface area contributed by atoms with E-state index in [9.17, 15) is 0 Å². The number of nitrogens with zero attached hydrogens (tertiary/aromatic N) is 1. The van der Waals surface area contributed by atoms with Gasteiger partial charge in [-0.1, -0.05) is 12.2 Å². The van der Waals surface area contributed by atoms with Crippen LogP contribution in [-0.2, 0) is 6.54 Å². The number of nitrogens with two attached hydrogens (primary N) is 1. The number of hydrogen-bond acceptors (Lipinski definition) is 3. The highest BCUT2D eigenvalue weighted by Gasteiger charge is 2.10. The first-order valence-corrected chi connectivity index (χ1v) is 5.09. The molecule has 0 amide bonds. The minimum Gasteiger partial charge on any atom is -0.496 e. The smallest absolute Gasteiger partial charge is 0.123 e. The van der Waals surface area contributed by atoms with Crippen molar-refractivity contribution in [2.75, 3.05) is 25.9 Å². The molecule has 3 nitrogen and oxygen atoms in total. The first kappa shape index (κ1) is 10.1. The minimum atomic E-state index is 0.790. The number of ether oxygens (including phenoxy) is 1. The van der Waals surface area contributed by atoms with Crippen LogP contribution in [0.1, 0.15) is 5.56 Å². The molecule has 0 atom stereocenters. The number of methoxy groups -OCH3 is 1. The van der Waals surface area contributed by atoms with E-state index in [2.05, 4.69) is 17.1 Å². The van der Waals surface area contributed by atoms with Crippen LogP contribution in [0.2, 0.25) is 0 Å². The lowest BCUT2D eigenvalue weighted by molar-refractivity contribution is 0.332. The van der Waals surface area contributed by atoms with Crippen LogP contribution in [0.15, 0.2) is 30.4 Å². The highest BCUT2D eigenvalue weighted by molar-refractivity contribution is 5.47. The van der Waals surface area contributed by atoms with Gasteiger partial charge in [0.25, 0.3) is 0 Å². The van der Waals surface area contributed by atoms with Crippen molar-refractivity contribution in [2.24, 2.45) is 0 Å². The maximum atomic E-state index is 5.77. The van der Waals surface area contributed by atoms with Crippen LogP contribution in [0, 0.1) is 0 Å². The summed E-state index contributed by atoms with van der Waals surface area (Å²) in [6.45, 7) is 2.91. The Balaban J connectivity index is 2.14. The van der Waals surface area contributed by atoms with E-state index >= 15 is 0 Å². The van der Waals surface area contributed by atoms with Gasteiger partial charge in [0.2, 0.25) is 0 Å². The first-order chi connectivity index (χ1) is 7.29. The maximum Gasteiger partial charge on any atom is 0.123 e. The number of rotatable bonds is 3. The SMILES string of the molecule is COc1ccc(N)cc1CN1CC=CC1. The Morgan fingerprint density at radius 3 is 2.73 bits per heavy atom. The van der Waals surface area contributed by atoms with Gasteiger partial charge in [0, 0.05) is 30.9 Å². The van der Waals surface area contributed by atoms with Crippen LogP contribution in [0.4, 0.5) is 5.69 Å². The Hall–Kier alpha value is -1.48. The van der Waals surface area contributed by atoms with Gasteiger partial charge < -0.3 is 10.5 Å². The molecule has 0 fully saturated rings. The zero-order valence-electron chi connectivity index (χ0n) is 8.94. The standard InChI is InChI=1S/C12H16N2O/c1-15-12-5-4-11(13)8-10(12)9-14-6-2-3-7-14/h2-5,8H,6-7,9,13H2,1H3. The molecule has 0 aromatic heterocycles. The third-order valence-corrected chi connectivity index (χ3v) is 2.59. The zero-order chi connectivity index (χ0) is 10.7. The van der Waals surface area contributed by atoms with Crippen LogP contribution >= 0.6 is 0 Å². The number of hydrogen-bond donors (Lipinski definition) is 1. The number of anilines is 1. The largest absolute Gasteiger partial charge is 0.496 e. The predicted octanol–water partition coefficient (Wildman–Crippen LogP) is 1.65. The Kier molecular flexibility index (Phi) is 2.92. The van der Waals surface area contributed by atoms with Crippen molar-refractivity contribution in [3.8, 4) is 5.75 Å². The van der Waals surface area contributed by atoms with Gasteiger partial charge in [-0.25, -0.2) is 0 Å². The molecule has 0 aliphatic carbocycles. The Bertz CT molecular complexity index is 366. The topological polar surface area (TPSA) is 38.5 Å². The summed E-state index contributed by atoms with van der Waals surface area (Å²) in [4.78, 5) is 2.33. The summed E-state index contributed by atoms with van der Waals surface area (Å²) in [6.07, 6.45) is 4.36. The van der Waals surface area contributed by atoms with Crippen LogP contribution < -0.4 is 10.5 Å². The summed E-state index contributed by atoms with van der Waals surface area (Å²) in [6, 6.07) is 5.77. The Morgan fingerprint density at radius 1 is 1.33 bits per heavy atom. The molecular weight excluding hydrogens is 188 g/mol. The minimum absolute atomic E-state index is 0.790. The van der Waals surface area contributed by atoms with Crippen molar-refractivity contribution in [3.05, 3.63) is 35.9 Å². The highest BCUT2D eigenvalue weighted by atomic mass is 16.5. The van der Waals surface area contributed by atoms with Gasteiger partial charge in [0.05, 0.1) is 7.11 Å². The molecule has 1 aromatic rings. The summed E-state index contributed by atoms with van der Waals surface area (Å²) in [5.41, 5.74) is 7.71. The third-order valence-electron chi connectivity index (χ3n) is 2.59. The lowest BCUT2D eigenvalue weighted by Gasteiger charge is -2.17. The molecule has 0 unspecified atom stereocenters. The van der Waals surface area contributed by atoms with Crippen molar-refractivity contribution in [1.82, 2.24) is 4.90 Å². The summed E-state index contributed by atoms with van der Waals surface area (Å²) in [5, 5.41) is 0. The second kappa shape index (κ2) is 4.36. The fraction of sp³-hybridized carbons (Fsp3) is 0.333. The van der Waals surface area contributed by atoms with Gasteiger partial charge in [0.1, 0.15) is 5.75 Å². The fourth-order valence-corrected chi connectivity index (χ4v) is 1.81. The van der Waals surface area contributed by atoms with Crippen LogP contribution in [0.25, 0.3) is 0 Å². The Labute approximate surface area is 90.1 Å². The fourth-order valence-electron chi connectivity index (χ4n) is 1.81. The zero-order valence-corrected chi connectivity index (χ0v) is 8.94. The molecule has 3 heteroatoms. The van der Waals surface area contributed by atoms with E-state index in [-0.39, 0.29) is 0 Å². The molecule has 2 N–H and O–H groups in total. The van der Waals surface area contributed by atoms with E-state index in [0.29, 0.717) is 0 Å². The van der Waals surface area contributed by atoms with Gasteiger partial charge in [-0.2, -0.15) is 0 Å². The van der Waals surface area contributed by atoms with E-state index in [1.54, 1.807) is 7.11 Å². The number of nitrogen functional groups attached to an aromatic ring is 1. The third kappa shape index (κ3) is 2.30. The summed E-state index contributed by atoms with van der Waals surface area (Å²) >= 11 is 0. The maximum absolute atomic E-state index is 5.77. The van der Waals surface area contributed by atoms with Crippen molar-refractivity contribution >= 4 is 5.69 Å². The van der Waals surface area contributed by atoms with Crippen molar-refractivity contribution in [2.45, 2.75) is 6.54 Å². The second-order valence-electron chi connectivity index (χ2n) is 3.74. The molecule has 15 heavy (non-hydrogen) atoms. The molecule has 0 bridgehead atoms. The second-order valence-corrected chi connectivity index (χ2v) is 3.74. The summed E-state index contributed by atoms with van der Waals surface area (Å²) in [7, 11) is 1.69. The highest BCUT2D eigenvalue weighted by Crippen LogP contribution is 2.23. The molecule has 0 radical (unpaired) electrons. The molecule has 1 aliphatic heterocycles. The molecule has 1 heterocycles. The average molecular weight is 204 g/mol. The molecule has 1 aromatic carbocycles. The van der Waals surface area contributed by atoms with Gasteiger partial charge in [-0.15, -0.1) is 0 Å². The predicted molar refractivity (Wildman–Crippen MR) is 61.8 cm³/mol. The van der Waals surface area contributed by atoms with Gasteiger partial charge in [0.15, 0.2) is 0 Å². The summed E-state index contributed by atoms with van der Waals surface area (Å²) < 4.78 is 5.31. The van der Waals surface area contributed by atoms with E-state index < -0.39 is 0 Å². The van der Waals surface area contributed by atoms with Crippen molar-refractivity contribution in [3.63, 3.8) is 0 Å². The molecular formula is C12H16N2O. The lowest BCUT2D eigenvalue weighted by atomic mass is 10.1. The van der Waals surface area contributed by atoms with Crippen LogP contribution in [-0.4, -0.2) is 25.1 Å². The van der Waals surface area contributed by atoms with Gasteiger partial charge in [-0.05, 0) is 18.2 Å². The lowest BCUT2D eigenvalue weighted by Crippen LogP contribution is -2.19. The van der Waals surface area contributed by atoms with Crippen molar-refractivity contribution < 1.29 is 4.74 Å².